The number of anilines is 2. The number of aromatic nitrogens is 3. The summed E-state index contributed by atoms with van der Waals surface area (Å²) in [6.07, 6.45) is 2.96. The Kier molecular flexibility index (Phi) is 5.80. The third-order valence-electron chi connectivity index (χ3n) is 6.89. The van der Waals surface area contributed by atoms with E-state index >= 15 is 0 Å². The van der Waals surface area contributed by atoms with Crippen LogP contribution in [0.25, 0.3) is 22.2 Å². The molecule has 1 unspecified atom stereocenters. The van der Waals surface area contributed by atoms with Crippen molar-refractivity contribution in [3.8, 4) is 11.3 Å². The fourth-order valence-electron chi connectivity index (χ4n) is 4.86. The maximum Gasteiger partial charge on any atom is 0.263 e. The van der Waals surface area contributed by atoms with Crippen molar-refractivity contribution in [2.75, 3.05) is 36.4 Å². The molecule has 8 nitrogen and oxygen atoms in total. The van der Waals surface area contributed by atoms with E-state index in [1.54, 1.807) is 0 Å². The highest BCUT2D eigenvalue weighted by molar-refractivity contribution is 5.83. The number of fused-ring (bicyclic) bond motifs is 1. The Hall–Kier alpha value is -2.97. The van der Waals surface area contributed by atoms with Gasteiger partial charge in [0.1, 0.15) is 11.4 Å². The molecule has 4 N–H and O–H groups in total. The molecule has 4 heterocycles. The molecule has 0 spiro atoms. The minimum absolute atomic E-state index is 0.128. The molecule has 0 radical (unpaired) electrons. The van der Waals surface area contributed by atoms with Gasteiger partial charge in [0.25, 0.3) is 5.56 Å². The summed E-state index contributed by atoms with van der Waals surface area (Å²) in [5.74, 6) is 1.24. The quantitative estimate of drug-likeness (QED) is 0.476. The number of aliphatic hydroxyl groups is 1. The summed E-state index contributed by atoms with van der Waals surface area (Å²) >= 11 is 0. The average molecular weight is 449 g/mol. The smallest absolute Gasteiger partial charge is 0.263 e. The molecule has 2 saturated heterocycles. The highest BCUT2D eigenvalue weighted by Crippen LogP contribution is 2.31. The summed E-state index contributed by atoms with van der Waals surface area (Å²) < 4.78 is 0. The van der Waals surface area contributed by atoms with Crippen LogP contribution in [0.2, 0.25) is 0 Å². The largest absolute Gasteiger partial charge is 0.390 e. The van der Waals surface area contributed by atoms with E-state index in [0.29, 0.717) is 29.6 Å². The molecule has 0 amide bonds. The number of rotatable bonds is 5. The molecule has 0 aliphatic carbocycles. The summed E-state index contributed by atoms with van der Waals surface area (Å²) in [6, 6.07) is 12.0. The number of para-hydroxylation sites is 1. The van der Waals surface area contributed by atoms with Crippen molar-refractivity contribution in [1.82, 2.24) is 20.3 Å². The van der Waals surface area contributed by atoms with Crippen LogP contribution in [0.1, 0.15) is 33.1 Å². The van der Waals surface area contributed by atoms with Crippen molar-refractivity contribution >= 4 is 22.7 Å². The van der Waals surface area contributed by atoms with Crippen molar-refractivity contribution in [3.63, 3.8) is 0 Å². The fourth-order valence-corrected chi connectivity index (χ4v) is 4.86. The molecule has 2 aliphatic rings. The minimum Gasteiger partial charge on any atom is -0.390 e. The van der Waals surface area contributed by atoms with Crippen molar-refractivity contribution in [1.29, 1.82) is 0 Å². The van der Waals surface area contributed by atoms with Crippen molar-refractivity contribution in [3.05, 3.63) is 46.8 Å². The van der Waals surface area contributed by atoms with E-state index in [-0.39, 0.29) is 17.5 Å². The summed E-state index contributed by atoms with van der Waals surface area (Å²) in [5, 5.41) is 18.4. The van der Waals surface area contributed by atoms with E-state index in [9.17, 15) is 9.90 Å². The van der Waals surface area contributed by atoms with Crippen LogP contribution in [-0.4, -0.2) is 57.9 Å². The van der Waals surface area contributed by atoms with Gasteiger partial charge in [-0.3, -0.25) is 9.78 Å². The zero-order chi connectivity index (χ0) is 23.0. The lowest BCUT2D eigenvalue weighted by molar-refractivity contribution is 0.0263. The standard InChI is InChI=1S/C25H32N6O2/c1-25(2,33)17-11-13-31(15-17)24-29-22(27-18-7-5-12-26-14-18)21(23(32)30-24)20-10-9-16-6-3-4-8-19(16)28-20/h3-4,6,8-10,17-18,26,33H,5,7,11-15H2,1-2H3,(H2,27,29,30,32)/t17?,18-/m1/s1. The molecule has 2 aliphatic heterocycles. The SMILES string of the molecule is CC(C)(O)C1CCN(c2nc(N[C@@H]3CCCNC3)c(-c3ccc4ccccc4n3)c(=O)[nH]2)C1. The monoisotopic (exact) mass is 448 g/mol. The van der Waals surface area contributed by atoms with Gasteiger partial charge in [-0.15, -0.1) is 0 Å². The third kappa shape index (κ3) is 4.58. The molecule has 2 atom stereocenters. The number of hydrogen-bond acceptors (Lipinski definition) is 7. The van der Waals surface area contributed by atoms with E-state index in [1.165, 1.54) is 0 Å². The molecular weight excluding hydrogens is 416 g/mol. The number of hydrogen-bond donors (Lipinski definition) is 4. The van der Waals surface area contributed by atoms with Gasteiger partial charge in [-0.25, -0.2) is 4.98 Å². The highest BCUT2D eigenvalue weighted by Gasteiger charge is 2.35. The second kappa shape index (κ2) is 8.76. The van der Waals surface area contributed by atoms with Crippen LogP contribution in [0.4, 0.5) is 11.8 Å². The van der Waals surface area contributed by atoms with Crippen LogP contribution < -0.4 is 21.1 Å². The summed E-state index contributed by atoms with van der Waals surface area (Å²) in [4.78, 5) is 28.1. The molecular formula is C25H32N6O2. The number of pyridine rings is 1. The molecule has 0 saturated carbocycles. The van der Waals surface area contributed by atoms with Crippen LogP contribution in [-0.2, 0) is 0 Å². The van der Waals surface area contributed by atoms with E-state index in [4.69, 9.17) is 9.97 Å². The summed E-state index contributed by atoms with van der Waals surface area (Å²) in [6.45, 7) is 6.93. The molecule has 33 heavy (non-hydrogen) atoms. The molecule has 174 valence electrons. The van der Waals surface area contributed by atoms with Gasteiger partial charge in [-0.05, 0) is 51.8 Å². The van der Waals surface area contributed by atoms with Crippen LogP contribution in [0.5, 0.6) is 0 Å². The first-order valence-corrected chi connectivity index (χ1v) is 11.8. The number of benzene rings is 1. The van der Waals surface area contributed by atoms with Crippen LogP contribution in [0, 0.1) is 5.92 Å². The molecule has 2 fully saturated rings. The van der Waals surface area contributed by atoms with Gasteiger partial charge >= 0.3 is 0 Å². The van der Waals surface area contributed by atoms with E-state index in [1.807, 2.05) is 50.2 Å². The minimum atomic E-state index is -0.765. The topological polar surface area (TPSA) is 106 Å². The van der Waals surface area contributed by atoms with E-state index in [2.05, 4.69) is 20.5 Å². The molecule has 3 aromatic rings. The summed E-state index contributed by atoms with van der Waals surface area (Å²) in [5.41, 5.74) is 0.945. The van der Waals surface area contributed by atoms with Gasteiger partial charge in [-0.2, -0.15) is 4.98 Å². The molecule has 2 aromatic heterocycles. The average Bonchev–Trinajstić information content (AvgIpc) is 3.30. The van der Waals surface area contributed by atoms with Gasteiger partial charge in [0, 0.05) is 37.0 Å². The normalized spacial score (nSPS) is 21.5. The lowest BCUT2D eigenvalue weighted by atomic mass is 9.91. The Morgan fingerprint density at radius 1 is 1.15 bits per heavy atom. The van der Waals surface area contributed by atoms with Gasteiger partial charge in [0.15, 0.2) is 0 Å². The van der Waals surface area contributed by atoms with E-state index < -0.39 is 5.60 Å². The number of H-pyrrole nitrogens is 1. The lowest BCUT2D eigenvalue weighted by Gasteiger charge is -2.27. The number of nitrogens with zero attached hydrogens (tertiary/aromatic N) is 3. The Balaban J connectivity index is 1.55. The van der Waals surface area contributed by atoms with Crippen molar-refractivity contribution < 1.29 is 5.11 Å². The van der Waals surface area contributed by atoms with Crippen LogP contribution in [0.15, 0.2) is 41.2 Å². The number of nitrogens with one attached hydrogen (secondary N) is 3. The fraction of sp³-hybridized carbons (Fsp3) is 0.480. The van der Waals surface area contributed by atoms with Gasteiger partial charge in [0.05, 0.1) is 16.8 Å². The first kappa shape index (κ1) is 21.9. The second-order valence-electron chi connectivity index (χ2n) is 9.78. The Morgan fingerprint density at radius 3 is 2.76 bits per heavy atom. The zero-order valence-electron chi connectivity index (χ0n) is 19.3. The first-order valence-electron chi connectivity index (χ1n) is 11.8. The van der Waals surface area contributed by atoms with Gasteiger partial charge < -0.3 is 20.6 Å². The van der Waals surface area contributed by atoms with Gasteiger partial charge in [0.2, 0.25) is 5.95 Å². The van der Waals surface area contributed by atoms with E-state index in [0.717, 1.165) is 49.8 Å². The van der Waals surface area contributed by atoms with Crippen molar-refractivity contribution in [2.24, 2.45) is 5.92 Å². The maximum absolute atomic E-state index is 13.4. The number of aromatic amines is 1. The maximum atomic E-state index is 13.4. The Morgan fingerprint density at radius 2 is 2.00 bits per heavy atom. The molecule has 8 heteroatoms. The lowest BCUT2D eigenvalue weighted by Crippen LogP contribution is -2.39. The first-order chi connectivity index (χ1) is 15.9. The van der Waals surface area contributed by atoms with Crippen LogP contribution in [0.3, 0.4) is 0 Å². The molecule has 5 rings (SSSR count). The number of piperidine rings is 1. The zero-order valence-corrected chi connectivity index (χ0v) is 19.3. The second-order valence-corrected chi connectivity index (χ2v) is 9.78. The Bertz CT molecular complexity index is 1200. The van der Waals surface area contributed by atoms with Crippen molar-refractivity contribution in [2.45, 2.75) is 44.8 Å². The Labute approximate surface area is 193 Å². The summed E-state index contributed by atoms with van der Waals surface area (Å²) in [7, 11) is 0. The van der Waals surface area contributed by atoms with Crippen LogP contribution >= 0.6 is 0 Å². The predicted molar refractivity (Wildman–Crippen MR) is 132 cm³/mol. The van der Waals surface area contributed by atoms with Gasteiger partial charge in [-0.1, -0.05) is 24.3 Å². The predicted octanol–water partition coefficient (Wildman–Crippen LogP) is 2.75. The highest BCUT2D eigenvalue weighted by atomic mass is 16.3. The third-order valence-corrected chi connectivity index (χ3v) is 6.89. The molecule has 1 aromatic carbocycles. The molecule has 0 bridgehead atoms.